The Morgan fingerprint density at radius 2 is 1.68 bits per heavy atom. The summed E-state index contributed by atoms with van der Waals surface area (Å²) in [6.07, 6.45) is 8.35. The SMILES string of the molecule is C=Cc1cccc(C(C(=O)NC(C)CCC)N(CCCCCCC)C(=O)C(CC(C)C)NC(=O)OC(C)(C)C)c1. The van der Waals surface area contributed by atoms with Crippen molar-refractivity contribution in [1.29, 1.82) is 0 Å². The number of carbonyl (C=O) groups excluding carboxylic acids is 3. The number of amides is 3. The highest BCUT2D eigenvalue weighted by Crippen LogP contribution is 2.26. The summed E-state index contributed by atoms with van der Waals surface area (Å²) in [5.41, 5.74) is 0.899. The first-order valence-electron chi connectivity index (χ1n) is 15.2. The third kappa shape index (κ3) is 13.0. The molecule has 3 amide bonds. The van der Waals surface area contributed by atoms with Gasteiger partial charge in [0.2, 0.25) is 11.8 Å². The van der Waals surface area contributed by atoms with E-state index in [0.717, 1.165) is 56.1 Å². The molecule has 0 aliphatic carbocycles. The van der Waals surface area contributed by atoms with E-state index in [1.807, 2.05) is 45.0 Å². The van der Waals surface area contributed by atoms with Crippen LogP contribution in [0.5, 0.6) is 0 Å². The molecule has 1 aromatic rings. The standard InChI is InChI=1S/C33H55N3O4/c1-10-13-14-15-16-21-36(31(38)28(22-24(4)5)35-32(39)40-33(7,8)9)29(30(37)34-25(6)18-11-2)27-20-17-19-26(12-3)23-27/h12,17,19-20,23-25,28-29H,3,10-11,13-16,18,21-22H2,1-2,4-9H3,(H,34,37)(H,35,39). The van der Waals surface area contributed by atoms with Gasteiger partial charge in [-0.05, 0) is 70.1 Å². The molecule has 0 saturated carbocycles. The highest BCUT2D eigenvalue weighted by molar-refractivity contribution is 5.92. The highest BCUT2D eigenvalue weighted by atomic mass is 16.6. The van der Waals surface area contributed by atoms with Crippen molar-refractivity contribution >= 4 is 24.0 Å². The van der Waals surface area contributed by atoms with E-state index in [1.165, 1.54) is 0 Å². The Labute approximate surface area is 243 Å². The van der Waals surface area contributed by atoms with Crippen molar-refractivity contribution in [2.45, 2.75) is 130 Å². The maximum Gasteiger partial charge on any atom is 0.408 e. The number of carbonyl (C=O) groups is 3. The Kier molecular flexibility index (Phi) is 15.6. The molecule has 1 aromatic carbocycles. The van der Waals surface area contributed by atoms with Crippen molar-refractivity contribution < 1.29 is 19.1 Å². The van der Waals surface area contributed by atoms with Crippen LogP contribution >= 0.6 is 0 Å². The number of ether oxygens (including phenoxy) is 1. The lowest BCUT2D eigenvalue weighted by atomic mass is 9.97. The monoisotopic (exact) mass is 557 g/mol. The summed E-state index contributed by atoms with van der Waals surface area (Å²) in [6, 6.07) is 5.92. The summed E-state index contributed by atoms with van der Waals surface area (Å²) in [5, 5.41) is 5.97. The summed E-state index contributed by atoms with van der Waals surface area (Å²) in [7, 11) is 0. The largest absolute Gasteiger partial charge is 0.444 e. The Morgan fingerprint density at radius 3 is 2.25 bits per heavy atom. The lowest BCUT2D eigenvalue weighted by Crippen LogP contribution is -2.54. The Bertz CT molecular complexity index is 938. The summed E-state index contributed by atoms with van der Waals surface area (Å²) >= 11 is 0. The Balaban J connectivity index is 3.54. The number of unbranched alkanes of at least 4 members (excludes halogenated alkanes) is 4. The number of benzene rings is 1. The van der Waals surface area contributed by atoms with Crippen molar-refractivity contribution in [3.05, 3.63) is 42.0 Å². The predicted molar refractivity (Wildman–Crippen MR) is 165 cm³/mol. The molecule has 0 aliphatic heterocycles. The van der Waals surface area contributed by atoms with Crippen LogP contribution in [-0.4, -0.2) is 47.0 Å². The molecule has 226 valence electrons. The zero-order chi connectivity index (χ0) is 30.3. The third-order valence-electron chi connectivity index (χ3n) is 6.61. The van der Waals surface area contributed by atoms with Crippen LogP contribution in [0.4, 0.5) is 4.79 Å². The molecule has 40 heavy (non-hydrogen) atoms. The summed E-state index contributed by atoms with van der Waals surface area (Å²) in [5.74, 6) is -0.358. The van der Waals surface area contributed by atoms with E-state index in [-0.39, 0.29) is 23.8 Å². The number of rotatable bonds is 17. The molecule has 0 fully saturated rings. The van der Waals surface area contributed by atoms with E-state index < -0.39 is 23.8 Å². The van der Waals surface area contributed by atoms with Gasteiger partial charge in [0, 0.05) is 12.6 Å². The number of nitrogens with one attached hydrogen (secondary N) is 2. The van der Waals surface area contributed by atoms with E-state index in [0.29, 0.717) is 13.0 Å². The van der Waals surface area contributed by atoms with Gasteiger partial charge in [0.1, 0.15) is 17.7 Å². The first-order valence-corrected chi connectivity index (χ1v) is 15.2. The van der Waals surface area contributed by atoms with Gasteiger partial charge in [-0.25, -0.2) is 4.79 Å². The minimum atomic E-state index is -0.840. The molecule has 0 aromatic heterocycles. The molecule has 0 aliphatic rings. The third-order valence-corrected chi connectivity index (χ3v) is 6.61. The molecule has 0 saturated heterocycles. The van der Waals surface area contributed by atoms with Gasteiger partial charge in [-0.1, -0.05) is 90.7 Å². The van der Waals surface area contributed by atoms with Gasteiger partial charge in [0.15, 0.2) is 0 Å². The maximum absolute atomic E-state index is 14.3. The molecular formula is C33H55N3O4. The number of hydrogen-bond acceptors (Lipinski definition) is 4. The first-order chi connectivity index (χ1) is 18.8. The van der Waals surface area contributed by atoms with Gasteiger partial charge in [0.05, 0.1) is 0 Å². The zero-order valence-corrected chi connectivity index (χ0v) is 26.3. The van der Waals surface area contributed by atoms with Crippen LogP contribution in [0.3, 0.4) is 0 Å². The average Bonchev–Trinajstić information content (AvgIpc) is 2.85. The van der Waals surface area contributed by atoms with Crippen LogP contribution in [0, 0.1) is 5.92 Å². The minimum Gasteiger partial charge on any atom is -0.444 e. The second-order valence-electron chi connectivity index (χ2n) is 12.2. The topological polar surface area (TPSA) is 87.7 Å². The fraction of sp³-hybridized carbons (Fsp3) is 0.667. The first kappa shape index (κ1) is 35.2. The molecule has 0 bridgehead atoms. The maximum atomic E-state index is 14.3. The fourth-order valence-corrected chi connectivity index (χ4v) is 4.75. The number of nitrogens with zero attached hydrogens (tertiary/aromatic N) is 1. The van der Waals surface area contributed by atoms with E-state index in [1.54, 1.807) is 31.7 Å². The smallest absolute Gasteiger partial charge is 0.408 e. The van der Waals surface area contributed by atoms with Crippen molar-refractivity contribution in [2.24, 2.45) is 5.92 Å². The van der Waals surface area contributed by atoms with Gasteiger partial charge >= 0.3 is 6.09 Å². The molecule has 7 heteroatoms. The summed E-state index contributed by atoms with van der Waals surface area (Å²) in [6.45, 7) is 19.9. The molecule has 0 heterocycles. The van der Waals surface area contributed by atoms with Crippen molar-refractivity contribution in [3.63, 3.8) is 0 Å². The summed E-state index contributed by atoms with van der Waals surface area (Å²) in [4.78, 5) is 42.7. The van der Waals surface area contributed by atoms with Gasteiger partial charge in [-0.15, -0.1) is 0 Å². The number of alkyl carbamates (subject to hydrolysis) is 1. The average molecular weight is 558 g/mol. The van der Waals surface area contributed by atoms with Crippen LogP contribution in [0.2, 0.25) is 0 Å². The van der Waals surface area contributed by atoms with Gasteiger partial charge < -0.3 is 20.3 Å². The highest BCUT2D eigenvalue weighted by Gasteiger charge is 2.36. The molecular weight excluding hydrogens is 502 g/mol. The Morgan fingerprint density at radius 1 is 1.00 bits per heavy atom. The Hall–Kier alpha value is -2.83. The van der Waals surface area contributed by atoms with E-state index in [9.17, 15) is 14.4 Å². The van der Waals surface area contributed by atoms with Crippen LogP contribution < -0.4 is 10.6 Å². The predicted octanol–water partition coefficient (Wildman–Crippen LogP) is 7.41. The van der Waals surface area contributed by atoms with Crippen molar-refractivity contribution in [1.82, 2.24) is 15.5 Å². The van der Waals surface area contributed by atoms with Crippen LogP contribution in [0.25, 0.3) is 6.08 Å². The van der Waals surface area contributed by atoms with Crippen LogP contribution in [0.15, 0.2) is 30.8 Å². The fourth-order valence-electron chi connectivity index (χ4n) is 4.75. The molecule has 3 unspecified atom stereocenters. The lowest BCUT2D eigenvalue weighted by Gasteiger charge is -2.35. The van der Waals surface area contributed by atoms with Crippen molar-refractivity contribution in [2.75, 3.05) is 6.54 Å². The zero-order valence-electron chi connectivity index (χ0n) is 26.3. The molecule has 0 radical (unpaired) electrons. The molecule has 7 nitrogen and oxygen atoms in total. The van der Waals surface area contributed by atoms with E-state index >= 15 is 0 Å². The normalized spacial score (nSPS) is 13.7. The number of hydrogen-bond donors (Lipinski definition) is 2. The van der Waals surface area contributed by atoms with Gasteiger partial charge in [-0.3, -0.25) is 9.59 Å². The van der Waals surface area contributed by atoms with Gasteiger partial charge in [0.25, 0.3) is 0 Å². The minimum absolute atomic E-state index is 0.0320. The lowest BCUT2D eigenvalue weighted by molar-refractivity contribution is -0.143. The molecule has 3 atom stereocenters. The molecule has 0 spiro atoms. The van der Waals surface area contributed by atoms with Crippen molar-refractivity contribution in [3.8, 4) is 0 Å². The van der Waals surface area contributed by atoms with E-state index in [2.05, 4.69) is 31.1 Å². The second-order valence-corrected chi connectivity index (χ2v) is 12.2. The molecule has 1 rings (SSSR count). The van der Waals surface area contributed by atoms with E-state index in [4.69, 9.17) is 4.74 Å². The van der Waals surface area contributed by atoms with Gasteiger partial charge in [-0.2, -0.15) is 0 Å². The summed E-state index contributed by atoms with van der Waals surface area (Å²) < 4.78 is 5.50. The second kappa shape index (κ2) is 17.8. The quantitative estimate of drug-likeness (QED) is 0.195. The van der Waals surface area contributed by atoms with Crippen LogP contribution in [0.1, 0.15) is 124 Å². The van der Waals surface area contributed by atoms with Crippen LogP contribution in [-0.2, 0) is 14.3 Å². The molecule has 2 N–H and O–H groups in total.